The fraction of sp³-hybridized carbons (Fsp3) is 0.300. The fourth-order valence-corrected chi connectivity index (χ4v) is 1.82. The third kappa shape index (κ3) is 3.51. The molecule has 1 aromatic carbocycles. The van der Waals surface area contributed by atoms with Gasteiger partial charge >= 0.3 is 0 Å². The van der Waals surface area contributed by atoms with Crippen LogP contribution in [-0.2, 0) is 14.1 Å². The van der Waals surface area contributed by atoms with Crippen molar-refractivity contribution in [3.05, 3.63) is 35.9 Å². The maximum Gasteiger partial charge on any atom is 0.211 e. The molecule has 70 valence electrons. The SMILES string of the molecule is C[S+](C)(=O)CC(=O)c1ccccc1. The molecule has 0 N–H and O–H groups in total. The Kier molecular flexibility index (Phi) is 2.98. The van der Waals surface area contributed by atoms with Crippen molar-refractivity contribution >= 4 is 15.7 Å². The lowest BCUT2D eigenvalue weighted by molar-refractivity contribution is 0.102. The van der Waals surface area contributed by atoms with Crippen LogP contribution in [0.1, 0.15) is 10.4 Å². The standard InChI is InChI=1S/C10H13O2S/c1-13(2,12)8-10(11)9-6-4-3-5-7-9/h3-7H,8H2,1-2H3/q+1. The molecule has 0 aromatic heterocycles. The highest BCUT2D eigenvalue weighted by molar-refractivity contribution is 8.02. The molecule has 1 rings (SSSR count). The van der Waals surface area contributed by atoms with E-state index >= 15 is 0 Å². The number of hydrogen-bond donors (Lipinski definition) is 0. The van der Waals surface area contributed by atoms with Gasteiger partial charge < -0.3 is 0 Å². The summed E-state index contributed by atoms with van der Waals surface area (Å²) in [7, 11) is -1.97. The van der Waals surface area contributed by atoms with Gasteiger partial charge in [0.15, 0.2) is 5.75 Å². The summed E-state index contributed by atoms with van der Waals surface area (Å²) in [4.78, 5) is 11.5. The number of hydrogen-bond acceptors (Lipinski definition) is 2. The lowest BCUT2D eigenvalue weighted by Gasteiger charge is -2.00. The number of rotatable bonds is 3. The molecule has 0 aliphatic rings. The van der Waals surface area contributed by atoms with E-state index in [4.69, 9.17) is 0 Å². The van der Waals surface area contributed by atoms with Crippen LogP contribution in [0, 0.1) is 0 Å². The van der Waals surface area contributed by atoms with Gasteiger partial charge in [0.25, 0.3) is 0 Å². The van der Waals surface area contributed by atoms with E-state index in [0.29, 0.717) is 5.56 Å². The van der Waals surface area contributed by atoms with Crippen LogP contribution in [0.2, 0.25) is 0 Å². The minimum Gasteiger partial charge on any atom is -0.289 e. The molecule has 0 aliphatic heterocycles. The van der Waals surface area contributed by atoms with Gasteiger partial charge in [0.2, 0.25) is 5.78 Å². The first-order valence-corrected chi connectivity index (χ1v) is 6.53. The summed E-state index contributed by atoms with van der Waals surface area (Å²) in [6.45, 7) is 0. The second kappa shape index (κ2) is 3.83. The van der Waals surface area contributed by atoms with Crippen LogP contribution in [0.3, 0.4) is 0 Å². The molecule has 0 amide bonds. The summed E-state index contributed by atoms with van der Waals surface area (Å²) < 4.78 is 11.3. The van der Waals surface area contributed by atoms with Crippen molar-refractivity contribution < 1.29 is 9.00 Å². The molecule has 1 aromatic rings. The molecule has 0 aliphatic carbocycles. The largest absolute Gasteiger partial charge is 0.289 e. The molecule has 0 bridgehead atoms. The maximum atomic E-state index is 11.5. The number of carbonyl (C=O) groups excluding carboxylic acids is 1. The third-order valence-corrected chi connectivity index (χ3v) is 2.53. The summed E-state index contributed by atoms with van der Waals surface area (Å²) in [6.07, 6.45) is 3.21. The zero-order valence-corrected chi connectivity index (χ0v) is 8.64. The van der Waals surface area contributed by atoms with Crippen molar-refractivity contribution in [1.29, 1.82) is 0 Å². The van der Waals surface area contributed by atoms with Gasteiger partial charge in [0.1, 0.15) is 12.5 Å². The van der Waals surface area contributed by atoms with Gasteiger partial charge in [-0.25, -0.2) is 0 Å². The highest BCUT2D eigenvalue weighted by Gasteiger charge is 2.19. The quantitative estimate of drug-likeness (QED) is 0.545. The lowest BCUT2D eigenvalue weighted by Crippen LogP contribution is -2.19. The van der Waals surface area contributed by atoms with E-state index in [2.05, 4.69) is 0 Å². The number of benzene rings is 1. The molecule has 0 saturated carbocycles. The number of carbonyl (C=O) groups is 1. The first-order valence-electron chi connectivity index (χ1n) is 3.99. The molecule has 2 nitrogen and oxygen atoms in total. The molecule has 13 heavy (non-hydrogen) atoms. The van der Waals surface area contributed by atoms with Crippen LogP contribution in [0.5, 0.6) is 0 Å². The average Bonchev–Trinajstić information content (AvgIpc) is 2.03. The van der Waals surface area contributed by atoms with Crippen LogP contribution in [0.15, 0.2) is 30.3 Å². The van der Waals surface area contributed by atoms with Crippen LogP contribution in [0.25, 0.3) is 0 Å². The third-order valence-electron chi connectivity index (χ3n) is 1.57. The molecule has 0 unspecified atom stereocenters. The van der Waals surface area contributed by atoms with Crippen molar-refractivity contribution in [1.82, 2.24) is 0 Å². The second-order valence-corrected chi connectivity index (χ2v) is 6.53. The van der Waals surface area contributed by atoms with Gasteiger partial charge in [-0.05, 0) is 0 Å². The molecular weight excluding hydrogens is 184 g/mol. The molecule has 0 heterocycles. The Morgan fingerprint density at radius 3 is 2.23 bits per heavy atom. The van der Waals surface area contributed by atoms with E-state index in [1.165, 1.54) is 0 Å². The minimum absolute atomic E-state index is 0.0457. The molecule has 0 fully saturated rings. The van der Waals surface area contributed by atoms with E-state index in [1.54, 1.807) is 36.8 Å². The van der Waals surface area contributed by atoms with Gasteiger partial charge in [-0.1, -0.05) is 30.3 Å². The Labute approximate surface area is 79.4 Å². The summed E-state index contributed by atoms with van der Waals surface area (Å²) in [6, 6.07) is 8.95. The first-order chi connectivity index (χ1) is 5.99. The van der Waals surface area contributed by atoms with E-state index in [-0.39, 0.29) is 11.5 Å². The summed E-state index contributed by atoms with van der Waals surface area (Å²) in [5.41, 5.74) is 0.638. The summed E-state index contributed by atoms with van der Waals surface area (Å²) in [5.74, 6) is 0.0902. The van der Waals surface area contributed by atoms with Crippen molar-refractivity contribution in [2.45, 2.75) is 0 Å². The number of Topliss-reactive ketones (excluding diaryl/α,β-unsaturated/α-hetero) is 1. The normalized spacial score (nSPS) is 11.2. The van der Waals surface area contributed by atoms with Gasteiger partial charge in [-0.15, -0.1) is 4.21 Å². The van der Waals surface area contributed by atoms with Crippen molar-refractivity contribution in [3.63, 3.8) is 0 Å². The monoisotopic (exact) mass is 197 g/mol. The highest BCUT2D eigenvalue weighted by Crippen LogP contribution is 2.04. The number of ketones is 1. The lowest BCUT2D eigenvalue weighted by atomic mass is 10.2. The van der Waals surface area contributed by atoms with E-state index in [9.17, 15) is 9.00 Å². The first kappa shape index (κ1) is 10.1. The predicted octanol–water partition coefficient (Wildman–Crippen LogP) is 1.63. The molecule has 0 spiro atoms. The average molecular weight is 197 g/mol. The fourth-order valence-electron chi connectivity index (χ4n) is 1.02. The van der Waals surface area contributed by atoms with E-state index < -0.39 is 9.93 Å². The zero-order valence-electron chi connectivity index (χ0n) is 7.82. The van der Waals surface area contributed by atoms with Crippen LogP contribution < -0.4 is 0 Å². The Morgan fingerprint density at radius 2 is 1.77 bits per heavy atom. The van der Waals surface area contributed by atoms with Crippen molar-refractivity contribution in [2.75, 3.05) is 18.3 Å². The minimum atomic E-state index is -1.97. The topological polar surface area (TPSA) is 34.1 Å². The van der Waals surface area contributed by atoms with E-state index in [0.717, 1.165) is 0 Å². The molecular formula is C10H13O2S+. The predicted molar refractivity (Wildman–Crippen MR) is 55.5 cm³/mol. The van der Waals surface area contributed by atoms with Crippen LogP contribution >= 0.6 is 0 Å². The summed E-state index contributed by atoms with van der Waals surface area (Å²) in [5, 5.41) is 0. The second-order valence-electron chi connectivity index (χ2n) is 3.37. The van der Waals surface area contributed by atoms with Crippen LogP contribution in [0.4, 0.5) is 0 Å². The highest BCUT2D eigenvalue weighted by atomic mass is 32.2. The van der Waals surface area contributed by atoms with Gasteiger partial charge in [0, 0.05) is 5.56 Å². The zero-order chi connectivity index (χ0) is 9.90. The van der Waals surface area contributed by atoms with Gasteiger partial charge in [-0.2, -0.15) is 0 Å². The Morgan fingerprint density at radius 1 is 1.23 bits per heavy atom. The van der Waals surface area contributed by atoms with Crippen molar-refractivity contribution in [3.8, 4) is 0 Å². The van der Waals surface area contributed by atoms with Crippen LogP contribution in [-0.4, -0.2) is 24.0 Å². The molecule has 0 atom stereocenters. The molecule has 0 radical (unpaired) electrons. The maximum absolute atomic E-state index is 11.5. The Bertz CT molecular complexity index is 337. The Hall–Kier alpha value is -0.960. The van der Waals surface area contributed by atoms with Gasteiger partial charge in [0.05, 0.1) is 9.93 Å². The molecule has 0 saturated heterocycles. The Balaban J connectivity index is 2.76. The van der Waals surface area contributed by atoms with E-state index in [1.807, 2.05) is 6.07 Å². The smallest absolute Gasteiger partial charge is 0.211 e. The summed E-state index contributed by atoms with van der Waals surface area (Å²) >= 11 is 0. The van der Waals surface area contributed by atoms with Crippen molar-refractivity contribution in [2.24, 2.45) is 0 Å². The molecule has 3 heteroatoms. The van der Waals surface area contributed by atoms with Gasteiger partial charge in [-0.3, -0.25) is 4.79 Å².